The number of morpholine rings is 1. The summed E-state index contributed by atoms with van der Waals surface area (Å²) < 4.78 is 22.6. The molecule has 8 heteroatoms. The van der Waals surface area contributed by atoms with Gasteiger partial charge in [-0.2, -0.15) is 0 Å². The summed E-state index contributed by atoms with van der Waals surface area (Å²) >= 11 is 0. The normalized spacial score (nSPS) is 33.8. The highest BCUT2D eigenvalue weighted by Gasteiger charge is 2.70. The number of fused-ring (bicyclic) bond motifs is 1. The van der Waals surface area contributed by atoms with Crippen LogP contribution in [0.2, 0.25) is 0 Å². The number of benzene rings is 1. The molecule has 1 aromatic rings. The first-order chi connectivity index (χ1) is 15.3. The van der Waals surface area contributed by atoms with Crippen LogP contribution in [0.25, 0.3) is 0 Å². The zero-order chi connectivity index (χ0) is 22.5. The van der Waals surface area contributed by atoms with Gasteiger partial charge >= 0.3 is 17.9 Å². The molecule has 2 aliphatic carbocycles. The van der Waals surface area contributed by atoms with Gasteiger partial charge in [-0.15, -0.1) is 0 Å². The quantitative estimate of drug-likeness (QED) is 0.483. The Bertz CT molecular complexity index is 895. The molecule has 4 aliphatic rings. The molecule has 2 saturated carbocycles. The second-order valence-corrected chi connectivity index (χ2v) is 9.66. The van der Waals surface area contributed by atoms with Crippen LogP contribution < -0.4 is 0 Å². The Balaban J connectivity index is 1.30. The molecule has 0 radical (unpaired) electrons. The van der Waals surface area contributed by atoms with E-state index in [9.17, 15) is 14.4 Å². The summed E-state index contributed by atoms with van der Waals surface area (Å²) in [5, 5.41) is 0. The molecule has 0 amide bonds. The predicted molar refractivity (Wildman–Crippen MR) is 111 cm³/mol. The van der Waals surface area contributed by atoms with E-state index in [0.717, 1.165) is 5.56 Å². The maximum atomic E-state index is 13.3. The zero-order valence-electron chi connectivity index (χ0n) is 18.4. The predicted octanol–water partition coefficient (Wildman–Crippen LogP) is 1.52. The lowest BCUT2D eigenvalue weighted by Crippen LogP contribution is -2.46. The molecular weight excluding hydrogens is 414 g/mol. The monoisotopic (exact) mass is 443 g/mol. The van der Waals surface area contributed by atoms with Crippen molar-refractivity contribution in [3.05, 3.63) is 35.9 Å². The lowest BCUT2D eigenvalue weighted by molar-refractivity contribution is -0.174. The number of nitrogens with zero attached hydrogens (tertiary/aromatic N) is 1. The summed E-state index contributed by atoms with van der Waals surface area (Å²) in [4.78, 5) is 40.5. The van der Waals surface area contributed by atoms with Crippen LogP contribution in [0.4, 0.5) is 0 Å². The summed E-state index contributed by atoms with van der Waals surface area (Å²) in [6.07, 6.45) is -0.437. The zero-order valence-corrected chi connectivity index (χ0v) is 18.4. The van der Waals surface area contributed by atoms with Crippen molar-refractivity contribution in [1.82, 2.24) is 4.90 Å². The van der Waals surface area contributed by atoms with Gasteiger partial charge < -0.3 is 18.9 Å². The largest absolute Gasteiger partial charge is 0.458 e. The molecule has 6 unspecified atom stereocenters. The van der Waals surface area contributed by atoms with Gasteiger partial charge in [0.15, 0.2) is 0 Å². The minimum atomic E-state index is -0.843. The van der Waals surface area contributed by atoms with Crippen molar-refractivity contribution in [2.75, 3.05) is 32.8 Å². The molecule has 0 aromatic heterocycles. The number of carbonyl (C=O) groups is 3. The minimum Gasteiger partial charge on any atom is -0.458 e. The summed E-state index contributed by atoms with van der Waals surface area (Å²) in [5.74, 6) is -2.72. The molecule has 0 N–H and O–H groups in total. The molecule has 0 spiro atoms. The second-order valence-electron chi connectivity index (χ2n) is 9.66. The van der Waals surface area contributed by atoms with Gasteiger partial charge in [0.25, 0.3) is 0 Å². The van der Waals surface area contributed by atoms with Gasteiger partial charge in [0, 0.05) is 24.9 Å². The Morgan fingerprint density at radius 2 is 1.84 bits per heavy atom. The first-order valence-electron chi connectivity index (χ1n) is 11.3. The number of rotatable bonds is 6. The molecule has 5 rings (SSSR count). The molecule has 2 heterocycles. The third-order valence-corrected chi connectivity index (χ3v) is 7.37. The standard InChI is InChI=1S/C24H29NO7/c1-24(2,14-6-4-3-5-7-14)32-23(28)19-16-12-15-18(19)22(27)31-21(15)20(16)30-17(26)13-25-8-10-29-11-9-25/h3-7,15-16,18-21H,8-13H2,1-2H3. The Kier molecular flexibility index (Phi) is 5.45. The van der Waals surface area contributed by atoms with Gasteiger partial charge in [-0.1, -0.05) is 30.3 Å². The first-order valence-corrected chi connectivity index (χ1v) is 11.3. The molecule has 1 aromatic carbocycles. The van der Waals surface area contributed by atoms with Crippen LogP contribution in [0, 0.1) is 23.7 Å². The maximum Gasteiger partial charge on any atom is 0.320 e. The highest BCUT2D eigenvalue weighted by Crippen LogP contribution is 2.59. The molecule has 2 saturated heterocycles. The summed E-state index contributed by atoms with van der Waals surface area (Å²) in [6, 6.07) is 9.51. The van der Waals surface area contributed by atoms with E-state index in [4.69, 9.17) is 18.9 Å². The van der Waals surface area contributed by atoms with E-state index in [1.165, 1.54) is 0 Å². The topological polar surface area (TPSA) is 91.4 Å². The first kappa shape index (κ1) is 21.4. The average molecular weight is 443 g/mol. The fourth-order valence-corrected chi connectivity index (χ4v) is 5.82. The smallest absolute Gasteiger partial charge is 0.320 e. The molecule has 8 nitrogen and oxygen atoms in total. The third-order valence-electron chi connectivity index (χ3n) is 7.37. The van der Waals surface area contributed by atoms with Crippen molar-refractivity contribution in [2.24, 2.45) is 23.7 Å². The Labute approximate surface area is 187 Å². The van der Waals surface area contributed by atoms with Crippen LogP contribution in [-0.4, -0.2) is 67.9 Å². The van der Waals surface area contributed by atoms with Crippen LogP contribution >= 0.6 is 0 Å². The lowest BCUT2D eigenvalue weighted by Gasteiger charge is -2.34. The van der Waals surface area contributed by atoms with E-state index in [1.54, 1.807) is 0 Å². The number of hydrogen-bond donors (Lipinski definition) is 0. The van der Waals surface area contributed by atoms with Crippen molar-refractivity contribution in [2.45, 2.75) is 38.1 Å². The van der Waals surface area contributed by atoms with E-state index < -0.39 is 35.6 Å². The highest BCUT2D eigenvalue weighted by molar-refractivity contribution is 5.86. The highest BCUT2D eigenvalue weighted by atomic mass is 16.6. The molecule has 2 aliphatic heterocycles. The maximum absolute atomic E-state index is 13.3. The Hall–Kier alpha value is -2.45. The van der Waals surface area contributed by atoms with E-state index in [2.05, 4.69) is 0 Å². The van der Waals surface area contributed by atoms with Crippen molar-refractivity contribution in [3.8, 4) is 0 Å². The fraction of sp³-hybridized carbons (Fsp3) is 0.625. The van der Waals surface area contributed by atoms with Crippen molar-refractivity contribution < 1.29 is 33.3 Å². The summed E-state index contributed by atoms with van der Waals surface area (Å²) in [5.41, 5.74) is 0.0294. The van der Waals surface area contributed by atoms with E-state index >= 15 is 0 Å². The molecule has 32 heavy (non-hydrogen) atoms. The Morgan fingerprint density at radius 3 is 2.56 bits per heavy atom. The van der Waals surface area contributed by atoms with Crippen molar-refractivity contribution >= 4 is 17.9 Å². The van der Waals surface area contributed by atoms with Gasteiger partial charge in [0.05, 0.1) is 31.6 Å². The average Bonchev–Trinajstić information content (AvgIpc) is 3.38. The minimum absolute atomic E-state index is 0.105. The van der Waals surface area contributed by atoms with Crippen LogP contribution in [-0.2, 0) is 38.9 Å². The Morgan fingerprint density at radius 1 is 1.12 bits per heavy atom. The molecule has 2 bridgehead atoms. The van der Waals surface area contributed by atoms with Gasteiger partial charge in [0.1, 0.15) is 17.8 Å². The molecule has 4 fully saturated rings. The van der Waals surface area contributed by atoms with Crippen molar-refractivity contribution in [3.63, 3.8) is 0 Å². The fourth-order valence-electron chi connectivity index (χ4n) is 5.82. The van der Waals surface area contributed by atoms with E-state index in [0.29, 0.717) is 32.7 Å². The number of hydrogen-bond acceptors (Lipinski definition) is 8. The van der Waals surface area contributed by atoms with Crippen LogP contribution in [0.5, 0.6) is 0 Å². The number of carbonyl (C=O) groups excluding carboxylic acids is 3. The van der Waals surface area contributed by atoms with Crippen LogP contribution in [0.3, 0.4) is 0 Å². The van der Waals surface area contributed by atoms with Crippen LogP contribution in [0.1, 0.15) is 25.8 Å². The van der Waals surface area contributed by atoms with E-state index in [1.807, 2.05) is 49.1 Å². The SMILES string of the molecule is CC(C)(OC(=O)C1C2CC3C(OC(=O)C31)C2OC(=O)CN1CCOCC1)c1ccccc1. The van der Waals surface area contributed by atoms with E-state index in [-0.39, 0.29) is 30.3 Å². The van der Waals surface area contributed by atoms with Gasteiger partial charge in [-0.25, -0.2) is 0 Å². The summed E-state index contributed by atoms with van der Waals surface area (Å²) in [7, 11) is 0. The van der Waals surface area contributed by atoms with Gasteiger partial charge in [-0.05, 0) is 25.8 Å². The number of esters is 3. The lowest BCUT2D eigenvalue weighted by atomic mass is 9.78. The summed E-state index contributed by atoms with van der Waals surface area (Å²) in [6.45, 7) is 6.37. The van der Waals surface area contributed by atoms with Gasteiger partial charge in [0.2, 0.25) is 0 Å². The van der Waals surface area contributed by atoms with Crippen molar-refractivity contribution in [1.29, 1.82) is 0 Å². The second kappa shape index (κ2) is 8.15. The molecular formula is C24H29NO7. The third kappa shape index (κ3) is 3.69. The van der Waals surface area contributed by atoms with Crippen LogP contribution in [0.15, 0.2) is 30.3 Å². The molecule has 6 atom stereocenters. The molecule has 172 valence electrons. The van der Waals surface area contributed by atoms with Gasteiger partial charge in [-0.3, -0.25) is 19.3 Å². The number of ether oxygens (including phenoxy) is 4.